The van der Waals surface area contributed by atoms with Crippen LogP contribution in [0.25, 0.3) is 0 Å². The third-order valence-electron chi connectivity index (χ3n) is 2.34. The van der Waals surface area contributed by atoms with Crippen LogP contribution in [0.4, 0.5) is 0 Å². The number of rotatable bonds is 5. The molecule has 0 aliphatic heterocycles. The van der Waals surface area contributed by atoms with Crippen LogP contribution in [0.15, 0.2) is 30.3 Å². The van der Waals surface area contributed by atoms with E-state index in [1.54, 1.807) is 30.3 Å². The molecule has 18 heavy (non-hydrogen) atoms. The van der Waals surface area contributed by atoms with Gasteiger partial charge in [0, 0.05) is 0 Å². The molecule has 5 heteroatoms. The number of nitrogens with zero attached hydrogens (tertiary/aromatic N) is 1. The maximum absolute atomic E-state index is 12.0. The second kappa shape index (κ2) is 6.42. The van der Waals surface area contributed by atoms with Gasteiger partial charge in [0.15, 0.2) is 0 Å². The number of amides is 1. The summed E-state index contributed by atoms with van der Waals surface area (Å²) in [5, 5.41) is 8.71. The first-order valence-electron chi connectivity index (χ1n) is 5.31. The predicted molar refractivity (Wildman–Crippen MR) is 66.4 cm³/mol. The molecular weight excluding hydrogens is 232 g/mol. The molecule has 1 rings (SSSR count). The van der Waals surface area contributed by atoms with Gasteiger partial charge in [-0.25, -0.2) is 0 Å². The Morgan fingerprint density at radius 2 is 2.00 bits per heavy atom. The van der Waals surface area contributed by atoms with E-state index in [0.29, 0.717) is 5.56 Å². The molecule has 0 saturated carbocycles. The van der Waals surface area contributed by atoms with Gasteiger partial charge >= 0.3 is 5.97 Å². The lowest BCUT2D eigenvalue weighted by molar-refractivity contribution is -0.144. The van der Waals surface area contributed by atoms with Crippen molar-refractivity contribution in [1.29, 1.82) is 0 Å². The Kier molecular flexibility index (Phi) is 4.90. The van der Waals surface area contributed by atoms with E-state index in [1.165, 1.54) is 0 Å². The first kappa shape index (κ1) is 13.7. The summed E-state index contributed by atoms with van der Waals surface area (Å²) in [6, 6.07) is 7.82. The van der Waals surface area contributed by atoms with Crippen LogP contribution in [0.2, 0.25) is 0 Å². The lowest BCUT2D eigenvalue weighted by Gasteiger charge is -2.22. The van der Waals surface area contributed by atoms with Gasteiger partial charge < -0.3 is 15.7 Å². The largest absolute Gasteiger partial charge is 0.480 e. The third kappa shape index (κ3) is 3.61. The van der Waals surface area contributed by atoms with Crippen LogP contribution in [0.1, 0.15) is 11.6 Å². The fraction of sp³-hybridized carbons (Fsp3) is 0.231. The van der Waals surface area contributed by atoms with Gasteiger partial charge in [0.1, 0.15) is 12.6 Å². The summed E-state index contributed by atoms with van der Waals surface area (Å²) >= 11 is 0. The van der Waals surface area contributed by atoms with Crippen molar-refractivity contribution in [2.24, 2.45) is 5.73 Å². The predicted octanol–water partition coefficient (Wildman–Crippen LogP) is 0.233. The van der Waals surface area contributed by atoms with Crippen LogP contribution in [-0.2, 0) is 9.59 Å². The van der Waals surface area contributed by atoms with Gasteiger partial charge in [-0.1, -0.05) is 36.3 Å². The van der Waals surface area contributed by atoms with Gasteiger partial charge in [-0.2, -0.15) is 0 Å². The fourth-order valence-corrected chi connectivity index (χ4v) is 1.48. The Bertz CT molecular complexity index is 465. The minimum Gasteiger partial charge on any atom is -0.480 e. The quantitative estimate of drug-likeness (QED) is 0.729. The maximum atomic E-state index is 12.0. The molecule has 1 aromatic carbocycles. The Balaban J connectivity index is 2.83. The van der Waals surface area contributed by atoms with E-state index in [9.17, 15) is 9.59 Å². The number of nitrogens with two attached hydrogens (primary N) is 1. The molecule has 0 aromatic heterocycles. The average Bonchev–Trinajstić information content (AvgIpc) is 2.37. The van der Waals surface area contributed by atoms with Gasteiger partial charge in [-0.3, -0.25) is 9.59 Å². The summed E-state index contributed by atoms with van der Waals surface area (Å²) in [5.74, 6) is 0.622. The number of carboxylic acid groups (broad SMARTS) is 1. The molecule has 3 N–H and O–H groups in total. The summed E-state index contributed by atoms with van der Waals surface area (Å²) in [6.45, 7) is -0.533. The zero-order chi connectivity index (χ0) is 13.5. The molecule has 1 atom stereocenters. The number of hydrogen-bond donors (Lipinski definition) is 2. The monoisotopic (exact) mass is 246 g/mol. The molecule has 0 heterocycles. The first-order chi connectivity index (χ1) is 8.56. The van der Waals surface area contributed by atoms with Crippen molar-refractivity contribution in [3.63, 3.8) is 0 Å². The molecule has 0 spiro atoms. The van der Waals surface area contributed by atoms with Crippen molar-refractivity contribution in [3.8, 4) is 12.3 Å². The zero-order valence-corrected chi connectivity index (χ0v) is 9.74. The van der Waals surface area contributed by atoms with Crippen molar-refractivity contribution in [2.75, 3.05) is 13.1 Å². The molecule has 0 saturated heterocycles. The van der Waals surface area contributed by atoms with E-state index in [4.69, 9.17) is 17.3 Å². The highest BCUT2D eigenvalue weighted by atomic mass is 16.4. The summed E-state index contributed by atoms with van der Waals surface area (Å²) < 4.78 is 0. The van der Waals surface area contributed by atoms with E-state index in [2.05, 4.69) is 5.92 Å². The first-order valence-corrected chi connectivity index (χ1v) is 5.31. The topological polar surface area (TPSA) is 83.6 Å². The number of hydrogen-bond acceptors (Lipinski definition) is 3. The highest BCUT2D eigenvalue weighted by molar-refractivity contribution is 5.86. The third-order valence-corrected chi connectivity index (χ3v) is 2.34. The molecular formula is C13H14N2O3. The Morgan fingerprint density at radius 1 is 1.39 bits per heavy atom. The summed E-state index contributed by atoms with van der Waals surface area (Å²) in [4.78, 5) is 23.7. The summed E-state index contributed by atoms with van der Waals surface area (Å²) in [5.41, 5.74) is 6.41. The highest BCUT2D eigenvalue weighted by Crippen LogP contribution is 2.12. The van der Waals surface area contributed by atoms with E-state index < -0.39 is 24.5 Å². The fourth-order valence-electron chi connectivity index (χ4n) is 1.48. The van der Waals surface area contributed by atoms with Crippen molar-refractivity contribution in [3.05, 3.63) is 35.9 Å². The van der Waals surface area contributed by atoms with Gasteiger partial charge in [0.25, 0.3) is 0 Å². The molecule has 0 bridgehead atoms. The van der Waals surface area contributed by atoms with E-state index in [0.717, 1.165) is 4.90 Å². The van der Waals surface area contributed by atoms with E-state index >= 15 is 0 Å². The van der Waals surface area contributed by atoms with Crippen LogP contribution < -0.4 is 5.73 Å². The van der Waals surface area contributed by atoms with Gasteiger partial charge in [-0.05, 0) is 5.56 Å². The van der Waals surface area contributed by atoms with E-state index in [1.807, 2.05) is 0 Å². The number of benzene rings is 1. The van der Waals surface area contributed by atoms with Crippen molar-refractivity contribution < 1.29 is 14.7 Å². The molecule has 94 valence electrons. The second-order valence-corrected chi connectivity index (χ2v) is 3.68. The molecule has 0 radical (unpaired) electrons. The van der Waals surface area contributed by atoms with Gasteiger partial charge in [-0.15, -0.1) is 6.42 Å². The Hall–Kier alpha value is -2.32. The van der Waals surface area contributed by atoms with Gasteiger partial charge in [0.2, 0.25) is 5.91 Å². The zero-order valence-electron chi connectivity index (χ0n) is 9.74. The number of carbonyl (C=O) groups excluding carboxylic acids is 1. The molecule has 0 unspecified atom stereocenters. The van der Waals surface area contributed by atoms with Crippen LogP contribution in [0.5, 0.6) is 0 Å². The molecule has 0 fully saturated rings. The van der Waals surface area contributed by atoms with Crippen LogP contribution in [0.3, 0.4) is 0 Å². The minimum absolute atomic E-state index is 0.0777. The van der Waals surface area contributed by atoms with Crippen molar-refractivity contribution in [2.45, 2.75) is 6.04 Å². The number of carboxylic acids is 1. The normalized spacial score (nSPS) is 11.3. The van der Waals surface area contributed by atoms with E-state index in [-0.39, 0.29) is 6.54 Å². The van der Waals surface area contributed by atoms with Gasteiger partial charge in [0.05, 0.1) is 6.54 Å². The van der Waals surface area contributed by atoms with Crippen LogP contribution in [0, 0.1) is 12.3 Å². The summed E-state index contributed by atoms with van der Waals surface area (Å²) in [7, 11) is 0. The Labute approximate surface area is 105 Å². The lowest BCUT2D eigenvalue weighted by atomic mass is 10.1. The molecule has 1 amide bonds. The molecule has 1 aromatic rings. The van der Waals surface area contributed by atoms with Crippen molar-refractivity contribution >= 4 is 11.9 Å². The van der Waals surface area contributed by atoms with Crippen LogP contribution >= 0.6 is 0 Å². The molecule has 0 aliphatic rings. The number of aliphatic carboxylic acids is 1. The minimum atomic E-state index is -1.13. The number of carbonyl (C=O) groups is 2. The standard InChI is InChI=1S/C13H14N2O3/c1-2-8-15(9-11(16)17)13(18)12(14)10-6-4-3-5-7-10/h1,3-7,12H,8-9,14H2,(H,16,17)/t12-/m1/s1. The summed E-state index contributed by atoms with van der Waals surface area (Å²) in [6.07, 6.45) is 5.10. The van der Waals surface area contributed by atoms with Crippen LogP contribution in [-0.4, -0.2) is 35.0 Å². The second-order valence-electron chi connectivity index (χ2n) is 3.68. The Morgan fingerprint density at radius 3 is 2.50 bits per heavy atom. The average molecular weight is 246 g/mol. The highest BCUT2D eigenvalue weighted by Gasteiger charge is 2.23. The lowest BCUT2D eigenvalue weighted by Crippen LogP contribution is -2.41. The molecule has 0 aliphatic carbocycles. The SMILES string of the molecule is C#CCN(CC(=O)O)C(=O)[C@H](N)c1ccccc1. The number of terminal acetylenes is 1. The smallest absolute Gasteiger partial charge is 0.323 e. The van der Waals surface area contributed by atoms with Crippen molar-refractivity contribution in [1.82, 2.24) is 4.90 Å². The maximum Gasteiger partial charge on any atom is 0.323 e. The molecule has 5 nitrogen and oxygen atoms in total.